The zero-order valence-electron chi connectivity index (χ0n) is 16.1. The number of allylic oxidation sites excluding steroid dienone is 2. The predicted molar refractivity (Wildman–Crippen MR) is 114 cm³/mol. The lowest BCUT2D eigenvalue weighted by Gasteiger charge is -2.22. The third-order valence-electron chi connectivity index (χ3n) is 5.22. The van der Waals surface area contributed by atoms with Gasteiger partial charge in [0.05, 0.1) is 5.52 Å². The lowest BCUT2D eigenvalue weighted by Crippen LogP contribution is -2.33. The summed E-state index contributed by atoms with van der Waals surface area (Å²) in [5, 5.41) is 11.6. The van der Waals surface area contributed by atoms with Gasteiger partial charge in [-0.05, 0) is 24.1 Å². The van der Waals surface area contributed by atoms with Crippen molar-refractivity contribution in [1.29, 1.82) is 0 Å². The normalized spacial score (nSPS) is 13.6. The topological polar surface area (TPSA) is 76.9 Å². The second-order valence-electron chi connectivity index (χ2n) is 7.08. The van der Waals surface area contributed by atoms with Crippen molar-refractivity contribution < 1.29 is 9.59 Å². The van der Waals surface area contributed by atoms with Crippen molar-refractivity contribution in [2.24, 2.45) is 0 Å². The van der Waals surface area contributed by atoms with Gasteiger partial charge < -0.3 is 5.32 Å². The van der Waals surface area contributed by atoms with E-state index in [4.69, 9.17) is 0 Å². The molecule has 0 atom stereocenters. The number of benzene rings is 3. The van der Waals surface area contributed by atoms with Gasteiger partial charge in [-0.3, -0.25) is 9.59 Å². The summed E-state index contributed by atoms with van der Waals surface area (Å²) in [6, 6.07) is 24.2. The molecule has 1 heterocycles. The van der Waals surface area contributed by atoms with Crippen LogP contribution in [0.15, 0.2) is 84.6 Å². The first-order chi connectivity index (χ1) is 14.7. The molecule has 0 saturated heterocycles. The molecule has 6 heteroatoms. The molecule has 146 valence electrons. The average Bonchev–Trinajstić information content (AvgIpc) is 3.22. The van der Waals surface area contributed by atoms with Crippen LogP contribution in [0.2, 0.25) is 0 Å². The van der Waals surface area contributed by atoms with E-state index in [1.165, 1.54) is 4.68 Å². The van der Waals surface area contributed by atoms with Gasteiger partial charge >= 0.3 is 0 Å². The van der Waals surface area contributed by atoms with Crippen LogP contribution in [0.4, 0.5) is 0 Å². The highest BCUT2D eigenvalue weighted by Crippen LogP contribution is 2.29. The van der Waals surface area contributed by atoms with Gasteiger partial charge in [0.1, 0.15) is 16.9 Å². The number of Topliss-reactive ketones (excluding diaryl/α,β-unsaturated/α-hetero) is 2. The van der Waals surface area contributed by atoms with Crippen LogP contribution in [0.3, 0.4) is 0 Å². The van der Waals surface area contributed by atoms with E-state index in [2.05, 4.69) is 15.6 Å². The van der Waals surface area contributed by atoms with E-state index in [1.807, 2.05) is 54.6 Å². The molecule has 5 rings (SSSR count). The number of nitrogens with one attached hydrogen (secondary N) is 1. The summed E-state index contributed by atoms with van der Waals surface area (Å²) >= 11 is 0. The van der Waals surface area contributed by atoms with Gasteiger partial charge in [0.2, 0.25) is 11.6 Å². The highest BCUT2D eigenvalue weighted by Gasteiger charge is 2.34. The molecule has 0 unspecified atom stereocenters. The van der Waals surface area contributed by atoms with Crippen molar-refractivity contribution in [3.05, 3.63) is 101 Å². The first-order valence-electron chi connectivity index (χ1n) is 9.75. The van der Waals surface area contributed by atoms with Crippen LogP contribution in [-0.4, -0.2) is 33.1 Å². The first-order valence-corrected chi connectivity index (χ1v) is 9.75. The van der Waals surface area contributed by atoms with E-state index in [9.17, 15) is 9.59 Å². The summed E-state index contributed by atoms with van der Waals surface area (Å²) < 4.78 is 1.47. The highest BCUT2D eigenvalue weighted by molar-refractivity contribution is 6.37. The average molecular weight is 394 g/mol. The molecule has 0 bridgehead atoms. The van der Waals surface area contributed by atoms with Crippen LogP contribution in [0.1, 0.15) is 26.3 Å². The van der Waals surface area contributed by atoms with E-state index in [-0.39, 0.29) is 23.0 Å². The number of aromatic nitrogens is 3. The molecule has 1 aromatic heterocycles. The zero-order valence-corrected chi connectivity index (χ0v) is 16.1. The summed E-state index contributed by atoms with van der Waals surface area (Å²) in [5.41, 5.74) is 3.73. The molecule has 4 aromatic rings. The van der Waals surface area contributed by atoms with Crippen molar-refractivity contribution >= 4 is 28.3 Å². The molecule has 0 amide bonds. The van der Waals surface area contributed by atoms with Gasteiger partial charge in [0, 0.05) is 17.7 Å². The van der Waals surface area contributed by atoms with Crippen LogP contribution in [0.25, 0.3) is 16.7 Å². The standard InChI is InChI=1S/C24H18N4O2/c29-23-17-10-4-5-11-18(17)24(30)22(28-20-13-7-6-12-19(20)26-27-28)21(23)25-15-14-16-8-2-1-3-9-16/h1-13,25H,14-15H2. The summed E-state index contributed by atoms with van der Waals surface area (Å²) in [5.74, 6) is -0.462. The monoisotopic (exact) mass is 394 g/mol. The molecule has 6 nitrogen and oxygen atoms in total. The minimum absolute atomic E-state index is 0.209. The number of fused-ring (bicyclic) bond motifs is 2. The van der Waals surface area contributed by atoms with Crippen molar-refractivity contribution in [3.63, 3.8) is 0 Å². The zero-order chi connectivity index (χ0) is 20.5. The van der Waals surface area contributed by atoms with Gasteiger partial charge in [-0.15, -0.1) is 5.10 Å². The molecule has 0 saturated carbocycles. The van der Waals surface area contributed by atoms with E-state index >= 15 is 0 Å². The van der Waals surface area contributed by atoms with Gasteiger partial charge in [0.15, 0.2) is 0 Å². The smallest absolute Gasteiger partial charge is 0.214 e. The quantitative estimate of drug-likeness (QED) is 0.561. The fourth-order valence-corrected chi connectivity index (χ4v) is 3.74. The second-order valence-corrected chi connectivity index (χ2v) is 7.08. The fraction of sp³-hybridized carbons (Fsp3) is 0.0833. The Morgan fingerprint density at radius 1 is 0.767 bits per heavy atom. The van der Waals surface area contributed by atoms with Gasteiger partial charge in [-0.1, -0.05) is 71.9 Å². The Bertz CT molecular complexity index is 1310. The summed E-state index contributed by atoms with van der Waals surface area (Å²) in [4.78, 5) is 26.7. The number of ketones is 2. The molecule has 3 aromatic carbocycles. The van der Waals surface area contributed by atoms with Crippen molar-refractivity contribution in [3.8, 4) is 0 Å². The summed E-state index contributed by atoms with van der Waals surface area (Å²) in [6.45, 7) is 0.511. The maximum atomic E-state index is 13.4. The predicted octanol–water partition coefficient (Wildman–Crippen LogP) is 3.51. The van der Waals surface area contributed by atoms with Crippen LogP contribution in [0, 0.1) is 0 Å². The Balaban J connectivity index is 1.60. The van der Waals surface area contributed by atoms with Gasteiger partial charge in [0.25, 0.3) is 0 Å². The Morgan fingerprint density at radius 2 is 1.43 bits per heavy atom. The van der Waals surface area contributed by atoms with Gasteiger partial charge in [-0.25, -0.2) is 4.68 Å². The molecular weight excluding hydrogens is 376 g/mol. The highest BCUT2D eigenvalue weighted by atomic mass is 16.1. The number of para-hydroxylation sites is 1. The Hall–Kier alpha value is -4.06. The Labute approximate surface area is 172 Å². The van der Waals surface area contributed by atoms with Gasteiger partial charge in [-0.2, -0.15) is 0 Å². The molecule has 30 heavy (non-hydrogen) atoms. The molecule has 0 radical (unpaired) electrons. The third kappa shape index (κ3) is 2.99. The Morgan fingerprint density at radius 3 is 2.23 bits per heavy atom. The first kappa shape index (κ1) is 18.0. The largest absolute Gasteiger partial charge is 0.380 e. The fourth-order valence-electron chi connectivity index (χ4n) is 3.74. The molecular formula is C24H18N4O2. The number of carbonyl (C=O) groups is 2. The third-order valence-corrected chi connectivity index (χ3v) is 5.22. The lowest BCUT2D eigenvalue weighted by atomic mass is 9.90. The molecule has 0 fully saturated rings. The number of hydrogen-bond acceptors (Lipinski definition) is 5. The van der Waals surface area contributed by atoms with Crippen LogP contribution < -0.4 is 5.32 Å². The Kier molecular flexibility index (Phi) is 4.44. The molecule has 0 spiro atoms. The number of carbonyl (C=O) groups excluding carboxylic acids is 2. The molecule has 1 N–H and O–H groups in total. The lowest BCUT2D eigenvalue weighted by molar-refractivity contribution is 0.0981. The van der Waals surface area contributed by atoms with Crippen molar-refractivity contribution in [2.45, 2.75) is 6.42 Å². The summed E-state index contributed by atoms with van der Waals surface area (Å²) in [6.07, 6.45) is 0.721. The maximum Gasteiger partial charge on any atom is 0.214 e. The number of hydrogen-bond donors (Lipinski definition) is 1. The van der Waals surface area contributed by atoms with E-state index < -0.39 is 0 Å². The molecule has 0 aliphatic heterocycles. The minimum Gasteiger partial charge on any atom is -0.380 e. The van der Waals surface area contributed by atoms with E-state index in [0.29, 0.717) is 28.7 Å². The maximum absolute atomic E-state index is 13.4. The van der Waals surface area contributed by atoms with Crippen molar-refractivity contribution in [2.75, 3.05) is 6.54 Å². The van der Waals surface area contributed by atoms with Crippen molar-refractivity contribution in [1.82, 2.24) is 20.3 Å². The molecule has 1 aliphatic rings. The SMILES string of the molecule is O=C1C(NCCc2ccccc2)=C(n2nnc3ccccc32)C(=O)c2ccccc21. The number of nitrogens with zero attached hydrogens (tertiary/aromatic N) is 3. The number of rotatable bonds is 5. The van der Waals surface area contributed by atoms with Crippen LogP contribution in [-0.2, 0) is 6.42 Å². The van der Waals surface area contributed by atoms with Crippen LogP contribution in [0.5, 0.6) is 0 Å². The van der Waals surface area contributed by atoms with Crippen LogP contribution >= 0.6 is 0 Å². The molecule has 1 aliphatic carbocycles. The summed E-state index contributed by atoms with van der Waals surface area (Å²) in [7, 11) is 0. The van der Waals surface area contributed by atoms with E-state index in [1.54, 1.807) is 24.3 Å². The van der Waals surface area contributed by atoms with E-state index in [0.717, 1.165) is 12.0 Å². The minimum atomic E-state index is -0.247. The second kappa shape index (κ2) is 7.40.